The maximum Gasteiger partial charge on any atom is 0.185 e. The molecule has 0 spiro atoms. The molecule has 1 aromatic rings. The van der Waals surface area contributed by atoms with Gasteiger partial charge < -0.3 is 15.1 Å². The van der Waals surface area contributed by atoms with E-state index in [1.54, 1.807) is 0 Å². The molecule has 1 aliphatic rings. The number of hydrogen-bond donors (Lipinski definition) is 1. The normalized spacial score (nSPS) is 20.9. The zero-order valence-corrected chi connectivity index (χ0v) is 15.0. The van der Waals surface area contributed by atoms with Gasteiger partial charge in [0, 0.05) is 31.1 Å². The number of hydrogen-bond acceptors (Lipinski definition) is 5. The van der Waals surface area contributed by atoms with E-state index in [1.165, 1.54) is 35.1 Å². The Hall–Kier alpha value is -0.650. The molecule has 0 saturated carbocycles. The van der Waals surface area contributed by atoms with E-state index in [4.69, 9.17) is 4.98 Å². The minimum Gasteiger partial charge on any atom is -0.350 e. The van der Waals surface area contributed by atoms with Gasteiger partial charge in [-0.05, 0) is 45.8 Å². The maximum atomic E-state index is 4.95. The molecule has 5 heteroatoms. The summed E-state index contributed by atoms with van der Waals surface area (Å²) in [6, 6.07) is 0.679. The van der Waals surface area contributed by atoms with Crippen molar-refractivity contribution in [1.82, 2.24) is 15.2 Å². The van der Waals surface area contributed by atoms with Gasteiger partial charge in [0.25, 0.3) is 0 Å². The lowest BCUT2D eigenvalue weighted by molar-refractivity contribution is 0.314. The summed E-state index contributed by atoms with van der Waals surface area (Å²) >= 11 is 1.85. The van der Waals surface area contributed by atoms with Crippen molar-refractivity contribution >= 4 is 16.5 Å². The molecule has 0 aliphatic carbocycles. The monoisotopic (exact) mass is 310 g/mol. The quantitative estimate of drug-likeness (QED) is 0.839. The molecule has 0 amide bonds. The lowest BCUT2D eigenvalue weighted by atomic mass is 10.0. The highest BCUT2D eigenvalue weighted by molar-refractivity contribution is 7.15. The summed E-state index contributed by atoms with van der Waals surface area (Å²) in [5, 5.41) is 4.46. The lowest BCUT2D eigenvalue weighted by Crippen LogP contribution is -2.36. The van der Waals surface area contributed by atoms with Crippen molar-refractivity contribution in [2.75, 3.05) is 39.1 Å². The van der Waals surface area contributed by atoms with Crippen LogP contribution in [0.5, 0.6) is 0 Å². The number of nitrogens with zero attached hydrogens (tertiary/aromatic N) is 3. The highest BCUT2D eigenvalue weighted by Crippen LogP contribution is 2.32. The first kappa shape index (κ1) is 16.7. The van der Waals surface area contributed by atoms with Gasteiger partial charge in [-0.2, -0.15) is 0 Å². The van der Waals surface area contributed by atoms with Gasteiger partial charge in [0.2, 0.25) is 0 Å². The minimum atomic E-state index is 0.543. The molecule has 120 valence electrons. The van der Waals surface area contributed by atoms with Crippen LogP contribution < -0.4 is 10.2 Å². The Labute approximate surface area is 133 Å². The molecule has 0 bridgehead atoms. The molecule has 4 nitrogen and oxygen atoms in total. The fraction of sp³-hybridized carbons (Fsp3) is 0.812. The summed E-state index contributed by atoms with van der Waals surface area (Å²) < 4.78 is 0. The van der Waals surface area contributed by atoms with Crippen molar-refractivity contribution < 1.29 is 0 Å². The molecule has 0 radical (unpaired) electrons. The molecule has 1 aliphatic heterocycles. The van der Waals surface area contributed by atoms with Crippen LogP contribution in [0.3, 0.4) is 0 Å². The van der Waals surface area contributed by atoms with Crippen LogP contribution in [0, 0.1) is 0 Å². The third kappa shape index (κ3) is 3.96. The van der Waals surface area contributed by atoms with Crippen LogP contribution in [0.15, 0.2) is 0 Å². The number of aromatic nitrogens is 1. The summed E-state index contributed by atoms with van der Waals surface area (Å²) in [5.74, 6) is 0.543. The maximum absolute atomic E-state index is 4.95. The van der Waals surface area contributed by atoms with E-state index in [0.717, 1.165) is 19.5 Å². The predicted molar refractivity (Wildman–Crippen MR) is 92.5 cm³/mol. The molecule has 2 unspecified atom stereocenters. The van der Waals surface area contributed by atoms with Gasteiger partial charge in [-0.25, -0.2) is 4.98 Å². The molecular formula is C16H30N4S. The smallest absolute Gasteiger partial charge is 0.185 e. The van der Waals surface area contributed by atoms with Gasteiger partial charge in [-0.1, -0.05) is 13.8 Å². The fourth-order valence-corrected chi connectivity index (χ4v) is 4.15. The molecule has 2 atom stereocenters. The number of anilines is 1. The average Bonchev–Trinajstić information content (AvgIpc) is 3.06. The van der Waals surface area contributed by atoms with Crippen molar-refractivity contribution in [1.29, 1.82) is 0 Å². The van der Waals surface area contributed by atoms with Crippen LogP contribution in [-0.4, -0.2) is 50.2 Å². The van der Waals surface area contributed by atoms with Crippen LogP contribution in [0.1, 0.15) is 49.6 Å². The van der Waals surface area contributed by atoms with Gasteiger partial charge in [0.05, 0.1) is 5.69 Å². The highest BCUT2D eigenvalue weighted by Gasteiger charge is 2.24. The largest absolute Gasteiger partial charge is 0.350 e. The Balaban J connectivity index is 2.11. The topological polar surface area (TPSA) is 31.4 Å². The van der Waals surface area contributed by atoms with E-state index in [9.17, 15) is 0 Å². The first-order chi connectivity index (χ1) is 10.1. The fourth-order valence-electron chi connectivity index (χ4n) is 2.98. The van der Waals surface area contributed by atoms with Crippen LogP contribution in [0.2, 0.25) is 0 Å². The third-order valence-electron chi connectivity index (χ3n) is 4.62. The van der Waals surface area contributed by atoms with Crippen LogP contribution in [0.25, 0.3) is 0 Å². The van der Waals surface area contributed by atoms with Gasteiger partial charge >= 0.3 is 0 Å². The second-order valence-electron chi connectivity index (χ2n) is 6.30. The Morgan fingerprint density at radius 1 is 1.52 bits per heavy atom. The van der Waals surface area contributed by atoms with Crippen molar-refractivity contribution in [2.24, 2.45) is 0 Å². The molecule has 1 fully saturated rings. The minimum absolute atomic E-state index is 0.543. The van der Waals surface area contributed by atoms with E-state index in [2.05, 4.69) is 43.1 Å². The van der Waals surface area contributed by atoms with Crippen molar-refractivity contribution in [3.63, 3.8) is 0 Å². The predicted octanol–water partition coefficient (Wildman–Crippen LogP) is 2.91. The summed E-state index contributed by atoms with van der Waals surface area (Å²) in [5.41, 5.74) is 1.29. The molecule has 2 rings (SSSR count). The Morgan fingerprint density at radius 2 is 2.29 bits per heavy atom. The second-order valence-corrected chi connectivity index (χ2v) is 7.36. The van der Waals surface area contributed by atoms with Gasteiger partial charge in [0.15, 0.2) is 5.13 Å². The summed E-state index contributed by atoms with van der Waals surface area (Å²) in [6.07, 6.45) is 3.79. The Bertz CT molecular complexity index is 445. The van der Waals surface area contributed by atoms with Crippen LogP contribution in [0.4, 0.5) is 5.13 Å². The molecule has 1 aromatic heterocycles. The summed E-state index contributed by atoms with van der Waals surface area (Å²) in [7, 11) is 6.44. The lowest BCUT2D eigenvalue weighted by Gasteiger charge is -2.25. The van der Waals surface area contributed by atoms with E-state index >= 15 is 0 Å². The van der Waals surface area contributed by atoms with Gasteiger partial charge in [0.1, 0.15) is 0 Å². The molecule has 2 heterocycles. The first-order valence-electron chi connectivity index (χ1n) is 8.12. The molecular weight excluding hydrogens is 280 g/mol. The van der Waals surface area contributed by atoms with Crippen molar-refractivity contribution in [3.8, 4) is 0 Å². The molecule has 21 heavy (non-hydrogen) atoms. The van der Waals surface area contributed by atoms with E-state index in [-0.39, 0.29) is 0 Å². The zero-order chi connectivity index (χ0) is 15.4. The van der Waals surface area contributed by atoms with Gasteiger partial charge in [-0.15, -0.1) is 11.3 Å². The SMILES string of the molecule is CCC(C)c1nc(N(C)CC2CCCN2C)sc1CNC. The summed E-state index contributed by atoms with van der Waals surface area (Å²) in [4.78, 5) is 11.2. The zero-order valence-electron chi connectivity index (χ0n) is 14.1. The number of likely N-dealkylation sites (N-methyl/N-ethyl adjacent to an activating group) is 2. The second kappa shape index (κ2) is 7.56. The first-order valence-corrected chi connectivity index (χ1v) is 8.94. The molecule has 1 N–H and O–H groups in total. The van der Waals surface area contributed by atoms with Gasteiger partial charge in [-0.3, -0.25) is 0 Å². The van der Waals surface area contributed by atoms with E-state index in [0.29, 0.717) is 12.0 Å². The van der Waals surface area contributed by atoms with E-state index < -0.39 is 0 Å². The average molecular weight is 311 g/mol. The third-order valence-corrected chi connectivity index (χ3v) is 5.80. The number of rotatable bonds is 7. The molecule has 1 saturated heterocycles. The Morgan fingerprint density at radius 3 is 2.86 bits per heavy atom. The van der Waals surface area contributed by atoms with E-state index in [1.807, 2.05) is 18.4 Å². The van der Waals surface area contributed by atoms with Crippen LogP contribution >= 0.6 is 11.3 Å². The van der Waals surface area contributed by atoms with Crippen molar-refractivity contribution in [2.45, 2.75) is 51.6 Å². The highest BCUT2D eigenvalue weighted by atomic mass is 32.1. The summed E-state index contributed by atoms with van der Waals surface area (Å²) in [6.45, 7) is 7.77. The number of nitrogens with one attached hydrogen (secondary N) is 1. The van der Waals surface area contributed by atoms with Crippen LogP contribution in [-0.2, 0) is 6.54 Å². The number of thiazole rings is 1. The Kier molecular flexibility index (Phi) is 6.02. The van der Waals surface area contributed by atoms with Crippen molar-refractivity contribution in [3.05, 3.63) is 10.6 Å². The number of likely N-dealkylation sites (tertiary alicyclic amines) is 1. The standard InChI is InChI=1S/C16H30N4S/c1-6-12(2)15-14(10-17-3)21-16(18-15)20(5)11-13-8-7-9-19(13)4/h12-13,17H,6-11H2,1-5H3. The molecule has 0 aromatic carbocycles.